The van der Waals surface area contributed by atoms with Gasteiger partial charge >= 0.3 is 0 Å². The Balaban J connectivity index is 0.995. The Morgan fingerprint density at radius 3 is 0.518 bits per heavy atom. The lowest BCUT2D eigenvalue weighted by Crippen LogP contribution is -1.89. The number of nitrogens with one attached hydrogen (secondary N) is 2. The van der Waals surface area contributed by atoms with E-state index >= 15 is 0 Å². The van der Waals surface area contributed by atoms with Crippen LogP contribution in [0.15, 0.2) is 321 Å². The second-order valence-corrected chi connectivity index (χ2v) is 34.2. The van der Waals surface area contributed by atoms with Crippen LogP contribution in [0.5, 0.6) is 46.0 Å². The molecule has 0 amide bonds. The molecular formula is C88H66N8O8S8. The van der Waals surface area contributed by atoms with Crippen molar-refractivity contribution in [2.24, 2.45) is 0 Å². The first-order chi connectivity index (χ1) is 54.9. The van der Waals surface area contributed by atoms with Gasteiger partial charge in [0.15, 0.2) is 23.3 Å². The van der Waals surface area contributed by atoms with Gasteiger partial charge in [-0.25, -0.2) is 29.9 Å². The number of hydrogen-bond donors (Lipinski definition) is 2. The number of fused-ring (bicyclic) bond motifs is 20. The highest BCUT2D eigenvalue weighted by atomic mass is 32.2. The summed E-state index contributed by atoms with van der Waals surface area (Å²) in [4.78, 5) is 57.3. The van der Waals surface area contributed by atoms with Crippen LogP contribution in [0.3, 0.4) is 0 Å². The van der Waals surface area contributed by atoms with E-state index in [0.29, 0.717) is 45.9 Å². The van der Waals surface area contributed by atoms with Crippen LogP contribution in [0.1, 0.15) is 0 Å². The highest BCUT2D eigenvalue weighted by Gasteiger charge is 2.29. The average molecular weight is 1620 g/mol. The number of aromatic amines is 2. The van der Waals surface area contributed by atoms with Gasteiger partial charge in [-0.2, -0.15) is 0 Å². The lowest BCUT2D eigenvalue weighted by molar-refractivity contribution is 0.413. The van der Waals surface area contributed by atoms with Gasteiger partial charge in [-0.1, -0.05) is 143 Å². The first-order valence-corrected chi connectivity index (χ1v) is 41.6. The third-order valence-electron chi connectivity index (χ3n) is 18.2. The van der Waals surface area contributed by atoms with Gasteiger partial charge in [-0.3, -0.25) is 0 Å². The van der Waals surface area contributed by atoms with Gasteiger partial charge in [0.05, 0.1) is 56.9 Å². The molecule has 5 heterocycles. The fraction of sp³-hybridized carbons (Fsp3) is 0.0909. The molecule has 112 heavy (non-hydrogen) atoms. The molecule has 17 rings (SSSR count). The molecule has 2 aliphatic rings. The average Bonchev–Trinajstić information content (AvgIpc) is 1.59. The predicted octanol–water partition coefficient (Wildman–Crippen LogP) is 24.1. The molecule has 3 aromatic heterocycles. The van der Waals surface area contributed by atoms with Crippen LogP contribution < -0.4 is 37.9 Å². The maximum Gasteiger partial charge on any atom is 0.164 e. The van der Waals surface area contributed by atoms with Crippen LogP contribution in [0.4, 0.5) is 0 Å². The Morgan fingerprint density at radius 2 is 0.357 bits per heavy atom. The maximum absolute atomic E-state index is 5.81. The van der Waals surface area contributed by atoms with Crippen molar-refractivity contribution in [3.05, 3.63) is 243 Å². The lowest BCUT2D eigenvalue weighted by atomic mass is 10.1. The molecule has 0 fully saturated rings. The summed E-state index contributed by atoms with van der Waals surface area (Å²) in [5, 5.41) is 3.13. The Bertz CT molecular complexity index is 5610. The number of ether oxygens (including phenoxy) is 8. The summed E-state index contributed by atoms with van der Waals surface area (Å²) < 4.78 is 46.5. The number of nitrogens with zero attached hydrogens (tertiary/aromatic N) is 6. The van der Waals surface area contributed by atoms with E-state index in [0.717, 1.165) is 168 Å². The van der Waals surface area contributed by atoms with Crippen molar-refractivity contribution in [2.45, 2.75) is 78.3 Å². The summed E-state index contributed by atoms with van der Waals surface area (Å²) in [6, 6.07) is 82.3. The van der Waals surface area contributed by atoms with Crippen LogP contribution in [-0.4, -0.2) is 96.8 Å². The topological polar surface area (TPSA) is 183 Å². The second-order valence-electron chi connectivity index (χ2n) is 25.2. The zero-order valence-corrected chi connectivity index (χ0v) is 67.8. The monoisotopic (exact) mass is 1620 g/mol. The number of aromatic nitrogens is 8. The molecule has 24 heteroatoms. The Morgan fingerprint density at radius 1 is 0.196 bits per heavy atom. The molecular weight excluding hydrogens is 1550 g/mol. The van der Waals surface area contributed by atoms with Gasteiger partial charge in [-0.05, 0) is 194 Å². The number of H-pyrrole nitrogens is 2. The van der Waals surface area contributed by atoms with Gasteiger partial charge in [0.25, 0.3) is 0 Å². The van der Waals surface area contributed by atoms with E-state index in [2.05, 4.69) is 107 Å². The first kappa shape index (κ1) is 74.0. The van der Waals surface area contributed by atoms with Crippen molar-refractivity contribution >= 4 is 138 Å². The van der Waals surface area contributed by atoms with E-state index in [4.69, 9.17) is 67.8 Å². The van der Waals surface area contributed by atoms with Gasteiger partial charge in [0.1, 0.15) is 68.6 Å². The summed E-state index contributed by atoms with van der Waals surface area (Å²) in [7, 11) is 13.5. The Hall–Kier alpha value is -10.8. The molecule has 8 bridgehead atoms. The zero-order chi connectivity index (χ0) is 76.3. The standard InChI is InChI=1S/C88H66N8O8S8/c1-97-49-17-9-25-57(33-49)105-73-41-65-66(42-74(73)106-58-26-10-18-50(34-58)98-2)82-89-81(65)93-83-67-43-75(107-59-27-11-19-51(35-59)99-3)76(108-60-28-12-20-52(36-60)100-4)44-68(67)85(90-83)95-87-71-47-79(111-63-31-15-23-55(39-63)103-7)80(112-64-32-16-24-56(40-64)104-8)48-72(71)88(92-87)96-86-70-46-78(110-62-30-14-22-54(38-62)102-6)77(45-69(70)84(91-86)94-82)109-61-29-13-21-53(37-61)101-5/h9-48H,1-8H3,(H2,89,90,91,92,93,94,95,96). The molecule has 0 atom stereocenters. The normalized spacial score (nSPS) is 11.5. The number of hydrogen-bond acceptors (Lipinski definition) is 22. The number of benzene rings is 12. The molecule has 554 valence electrons. The maximum atomic E-state index is 5.81. The minimum atomic E-state index is 0.421. The molecule has 0 radical (unpaired) electrons. The summed E-state index contributed by atoms with van der Waals surface area (Å²) in [5.74, 6) is 7.57. The fourth-order valence-corrected chi connectivity index (χ4v) is 21.1. The van der Waals surface area contributed by atoms with Gasteiger partial charge in [-0.15, -0.1) is 0 Å². The van der Waals surface area contributed by atoms with Gasteiger partial charge in [0, 0.05) is 122 Å². The van der Waals surface area contributed by atoms with Crippen LogP contribution in [0.25, 0.3) is 89.7 Å². The second kappa shape index (κ2) is 32.9. The Kier molecular flexibility index (Phi) is 21.7. The highest BCUT2D eigenvalue weighted by molar-refractivity contribution is 8.03. The van der Waals surface area contributed by atoms with Crippen LogP contribution >= 0.6 is 94.1 Å². The third kappa shape index (κ3) is 15.9. The van der Waals surface area contributed by atoms with Crippen molar-refractivity contribution < 1.29 is 37.9 Å². The van der Waals surface area contributed by atoms with E-state index in [1.54, 1.807) is 151 Å². The highest BCUT2D eigenvalue weighted by Crippen LogP contribution is 2.52. The zero-order valence-electron chi connectivity index (χ0n) is 61.3. The van der Waals surface area contributed by atoms with Crippen molar-refractivity contribution in [3.63, 3.8) is 0 Å². The van der Waals surface area contributed by atoms with E-state index in [-0.39, 0.29) is 0 Å². The number of methoxy groups -OCH3 is 8. The van der Waals surface area contributed by atoms with E-state index < -0.39 is 0 Å². The fourth-order valence-electron chi connectivity index (χ4n) is 12.8. The van der Waals surface area contributed by atoms with Crippen LogP contribution in [-0.2, 0) is 0 Å². The molecule has 12 aromatic carbocycles. The SMILES string of the molecule is COc1cccc(Sc2cc3c(cc2Sc2cccc(OC)c2)-c2nc-3nc3[nH]c(nc4nc(nc5[nH]c(n2)c2cc(Sc6cccc(OC)c6)c(Sc6cccc(OC)c6)cc52)-c2cc(Sc5cccc(OC)c5)c(Sc5cccc(OC)c5)cc2-4)c2cc(Sc4cccc(OC)c4)c(Sc4cccc(OC)c4)cc32)c1. The van der Waals surface area contributed by atoms with Gasteiger partial charge in [0.2, 0.25) is 0 Å². The molecule has 0 saturated heterocycles. The van der Waals surface area contributed by atoms with Crippen molar-refractivity contribution in [3.8, 4) is 91.5 Å². The molecule has 16 nitrogen and oxygen atoms in total. The Labute approximate surface area is 679 Å². The number of rotatable bonds is 24. The van der Waals surface area contributed by atoms with E-state index in [1.165, 1.54) is 0 Å². The van der Waals surface area contributed by atoms with E-state index in [9.17, 15) is 0 Å². The van der Waals surface area contributed by atoms with Crippen molar-refractivity contribution in [2.75, 3.05) is 56.9 Å². The van der Waals surface area contributed by atoms with E-state index in [1.807, 2.05) is 146 Å². The molecule has 0 unspecified atom stereocenters. The summed E-state index contributed by atoms with van der Waals surface area (Å²) >= 11 is 13.0. The van der Waals surface area contributed by atoms with Crippen molar-refractivity contribution in [1.29, 1.82) is 0 Å². The third-order valence-corrected chi connectivity index (χ3v) is 27.1. The first-order valence-electron chi connectivity index (χ1n) is 35.0. The summed E-state index contributed by atoms with van der Waals surface area (Å²) in [6.45, 7) is 0. The van der Waals surface area contributed by atoms with Gasteiger partial charge < -0.3 is 47.9 Å². The summed E-state index contributed by atoms with van der Waals surface area (Å²) in [6.07, 6.45) is 0. The minimum Gasteiger partial charge on any atom is -0.497 e. The quantitative estimate of drug-likeness (QED) is 0.0582. The molecule has 0 saturated carbocycles. The molecule has 0 aliphatic carbocycles. The molecule has 2 N–H and O–H groups in total. The molecule has 15 aromatic rings. The minimum absolute atomic E-state index is 0.421. The predicted molar refractivity (Wildman–Crippen MR) is 453 cm³/mol. The summed E-state index contributed by atoms with van der Waals surface area (Å²) in [5.41, 5.74) is 5.05. The van der Waals surface area contributed by atoms with Crippen LogP contribution in [0.2, 0.25) is 0 Å². The molecule has 2 aliphatic heterocycles. The molecule has 0 spiro atoms. The van der Waals surface area contributed by atoms with Crippen LogP contribution in [0, 0.1) is 0 Å². The smallest absolute Gasteiger partial charge is 0.164 e. The largest absolute Gasteiger partial charge is 0.497 e. The van der Waals surface area contributed by atoms with Crippen molar-refractivity contribution in [1.82, 2.24) is 39.9 Å². The lowest BCUT2D eigenvalue weighted by Gasteiger charge is -2.13.